The minimum absolute atomic E-state index is 0.00224. The molecule has 21 saturated heterocycles. The van der Waals surface area contributed by atoms with Crippen LogP contribution in [-0.4, -0.2) is 393 Å². The number of carbonyl (C=O) groups is 1. The van der Waals surface area contributed by atoms with Gasteiger partial charge in [0.2, 0.25) is 5.91 Å². The third-order valence-corrected chi connectivity index (χ3v) is 17.5. The van der Waals surface area contributed by atoms with Gasteiger partial charge in [-0.2, -0.15) is 0 Å². The lowest BCUT2D eigenvalue weighted by atomic mass is 9.95. The molecule has 1 aromatic carbocycles. The Balaban J connectivity index is 0.000000528. The minimum atomic E-state index is -2.21. The van der Waals surface area contributed by atoms with Gasteiger partial charge in [0.25, 0.3) is 0 Å². The molecule has 22 heterocycles. The number of aromatic nitrogens is 1. The number of ether oxygens (including phenoxy) is 15. The van der Waals surface area contributed by atoms with Crippen LogP contribution in [0.2, 0.25) is 0 Å². The molecule has 0 unspecified atom stereocenters. The first-order chi connectivity index (χ1) is 44.9. The Hall–Kier alpha value is -3.37. The fraction of sp³-hybridized carbons (Fsp3) is 0.836. The number of rotatable bonds is 11. The smallest absolute Gasteiger partial charge is 0.216 e. The van der Waals surface area contributed by atoms with Crippen molar-refractivity contribution in [1.29, 1.82) is 0 Å². The average molecular weight is 1370 g/mol. The number of H-pyrrole nitrogens is 1. The number of hydrogen-bond acceptors (Lipinski definition) is 37. The van der Waals surface area contributed by atoms with E-state index in [1.54, 1.807) is 7.11 Å². The van der Waals surface area contributed by atoms with E-state index in [1.165, 1.54) is 12.5 Å². The monoisotopic (exact) mass is 1370 g/mol. The van der Waals surface area contributed by atoms with Crippen LogP contribution < -0.4 is 10.1 Å². The van der Waals surface area contributed by atoms with Crippen LogP contribution in [0.15, 0.2) is 24.4 Å². The normalized spacial score (nSPS) is 47.2. The first kappa shape index (κ1) is 74.8. The van der Waals surface area contributed by atoms with Crippen LogP contribution in [-0.2, 0) is 77.5 Å². The number of fused-ring (bicyclic) bond motifs is 1. The molecule has 14 bridgehead atoms. The first-order valence-corrected chi connectivity index (χ1v) is 30.2. The lowest BCUT2D eigenvalue weighted by Gasteiger charge is -2.50. The van der Waals surface area contributed by atoms with E-state index >= 15 is 0 Å². The van der Waals surface area contributed by atoms with Crippen molar-refractivity contribution < 1.29 is 183 Å². The highest BCUT2D eigenvalue weighted by molar-refractivity contribution is 5.84. The molecular weight excluding hydrogens is 1280 g/mol. The molecular formula is C55H86N2O37. The standard InChI is InChI=1S/C42H70O35.C13H16N2O2/c43-1-8-29-15(50)22(57)36(64-8)72-30-9(2-44)66-38(24(59)17(30)52)74-32-11(4-46)68-40(26(61)19(32)54)76-34-13(6-48)70-42(28(63)21(34)56)77-35-14(7-49)69-41(27(62)20(35)55)75-33-12(5-47)67-39(25(60)18(33)53)73-31-10(3-45)65-37(71-29)23(58)16(31)51;1-9(16)14-6-5-10-8-15-13-4-3-11(17-2)7-12(10)13/h8-63H,1-7H2;3-4,7-8,15H,5-6H2,1-2H3,(H,14,16)/t8-,9-,10-,11-,12-,13-,14-,15-,16-,17-,18-,19-,20+,21+,22-,23-,24-,25-,26-,27+,28+,29-,30-,31-,32-,33-,34-,35-,36-,37-,38-,39-,40-,41-,42-;/m1./s1. The molecule has 39 heteroatoms. The number of methoxy groups -OCH3 is 1. The van der Waals surface area contributed by atoms with Gasteiger partial charge >= 0.3 is 0 Å². The fourth-order valence-corrected chi connectivity index (χ4v) is 12.3. The fourth-order valence-electron chi connectivity index (χ4n) is 12.3. The van der Waals surface area contributed by atoms with Crippen LogP contribution >= 0.6 is 0 Å². The number of carbonyl (C=O) groups excluding carboxylic acids is 1. The molecule has 2 aromatic rings. The van der Waals surface area contributed by atoms with E-state index in [-0.39, 0.29) is 5.91 Å². The Kier molecular flexibility index (Phi) is 26.1. The summed E-state index contributed by atoms with van der Waals surface area (Å²) in [4.78, 5) is 14.0. The lowest BCUT2D eigenvalue weighted by molar-refractivity contribution is -0.396. The van der Waals surface area contributed by atoms with E-state index in [0.29, 0.717) is 6.54 Å². The Bertz CT molecular complexity index is 2310. The molecule has 23 N–H and O–H groups in total. The first-order valence-electron chi connectivity index (χ1n) is 30.2. The van der Waals surface area contributed by atoms with Crippen molar-refractivity contribution in [3.8, 4) is 5.75 Å². The highest BCUT2D eigenvalue weighted by Gasteiger charge is 2.59. The van der Waals surface area contributed by atoms with E-state index in [4.69, 9.17) is 71.1 Å². The maximum absolute atomic E-state index is 11.3. The summed E-state index contributed by atoms with van der Waals surface area (Å²) in [5, 5.41) is 234. The van der Waals surface area contributed by atoms with Crippen molar-refractivity contribution >= 4 is 16.8 Å². The van der Waals surface area contributed by atoms with Crippen molar-refractivity contribution in [3.05, 3.63) is 30.0 Å². The number of hydrogen-bond donors (Lipinski definition) is 23. The van der Waals surface area contributed by atoms with E-state index in [2.05, 4.69) is 10.3 Å². The molecule has 0 saturated carbocycles. The summed E-state index contributed by atoms with van der Waals surface area (Å²) in [6, 6.07) is 5.93. The van der Waals surface area contributed by atoms with Crippen LogP contribution in [0.1, 0.15) is 12.5 Å². The van der Waals surface area contributed by atoms with Gasteiger partial charge in [-0.15, -0.1) is 0 Å². The third-order valence-electron chi connectivity index (χ3n) is 17.5. The van der Waals surface area contributed by atoms with Gasteiger partial charge < -0.3 is 189 Å². The lowest BCUT2D eigenvalue weighted by Crippen LogP contribution is -2.68. The van der Waals surface area contributed by atoms with Crippen molar-refractivity contribution in [2.24, 2.45) is 0 Å². The van der Waals surface area contributed by atoms with Crippen LogP contribution in [0.25, 0.3) is 10.9 Å². The molecule has 39 nitrogen and oxygen atoms in total. The molecule has 538 valence electrons. The van der Waals surface area contributed by atoms with Crippen molar-refractivity contribution in [3.63, 3.8) is 0 Å². The maximum Gasteiger partial charge on any atom is 0.216 e. The van der Waals surface area contributed by atoms with Gasteiger partial charge in [0, 0.05) is 30.6 Å². The molecule has 94 heavy (non-hydrogen) atoms. The van der Waals surface area contributed by atoms with Gasteiger partial charge in [0.15, 0.2) is 44.0 Å². The maximum atomic E-state index is 11.3. The number of aliphatic hydroxyl groups is 21. The third kappa shape index (κ3) is 15.6. The molecule has 0 spiro atoms. The largest absolute Gasteiger partial charge is 0.497 e. The molecule has 23 rings (SSSR count). The van der Waals surface area contributed by atoms with Gasteiger partial charge in [-0.05, 0) is 30.2 Å². The van der Waals surface area contributed by atoms with Crippen molar-refractivity contribution in [2.75, 3.05) is 59.9 Å². The predicted octanol–water partition coefficient (Wildman–Crippen LogP) is -13.4. The van der Waals surface area contributed by atoms with Crippen molar-refractivity contribution in [1.82, 2.24) is 10.3 Å². The molecule has 1 aromatic heterocycles. The van der Waals surface area contributed by atoms with E-state index in [1.807, 2.05) is 24.4 Å². The van der Waals surface area contributed by atoms with Gasteiger partial charge in [-0.25, -0.2) is 0 Å². The molecule has 0 radical (unpaired) electrons. The summed E-state index contributed by atoms with van der Waals surface area (Å²) in [7, 11) is 1.66. The summed E-state index contributed by atoms with van der Waals surface area (Å²) in [6.45, 7) is -5.15. The Morgan fingerprint density at radius 1 is 0.383 bits per heavy atom. The van der Waals surface area contributed by atoms with Gasteiger partial charge in [0.05, 0.1) is 53.4 Å². The Morgan fingerprint density at radius 2 is 0.617 bits per heavy atom. The minimum Gasteiger partial charge on any atom is -0.497 e. The summed E-state index contributed by atoms with van der Waals surface area (Å²) < 4.78 is 84.7. The van der Waals surface area contributed by atoms with E-state index < -0.39 is 261 Å². The molecule has 1 amide bonds. The zero-order valence-corrected chi connectivity index (χ0v) is 50.3. The quantitative estimate of drug-likeness (QED) is 0.0993. The number of nitrogens with one attached hydrogen (secondary N) is 2. The molecule has 21 fully saturated rings. The van der Waals surface area contributed by atoms with Crippen LogP contribution in [0.3, 0.4) is 0 Å². The molecule has 0 aliphatic carbocycles. The number of benzene rings is 1. The second-order valence-corrected chi connectivity index (χ2v) is 23.6. The van der Waals surface area contributed by atoms with Gasteiger partial charge in [0.1, 0.15) is 177 Å². The van der Waals surface area contributed by atoms with Crippen LogP contribution in [0.4, 0.5) is 0 Å². The van der Waals surface area contributed by atoms with E-state index in [0.717, 1.165) is 23.1 Å². The SMILES string of the molecule is COc1ccc2[nH]cc(CCNC(C)=O)c2c1.OC[C@H]1O[C@@H]2O[C@H]3[C@H](O)[C@@H](O)[C@@H](O[C@H]4[C@H](O)[C@@H](O)[C@@H](O[C@H]5[C@H](O)[C@@H](O)[C@@H](O[C@H]6[C@H](O)[C@@H](O)[C@@H](O[C@H]7[C@@H](O)[C@H](O)[C@@H](O[C@H]8[C@@H](O)[C@H](O)[C@@H](O[C@H]1[C@H](O)[C@H]2O)O[C@@H]8CO)O[C@@H]7CO)O[C@@H]6CO)O[C@@H]5CO)O[C@@H]4CO)O[C@@H]3CO. The van der Waals surface area contributed by atoms with Crippen molar-refractivity contribution in [2.45, 2.75) is 228 Å². The summed E-state index contributed by atoms with van der Waals surface area (Å²) in [5.41, 5.74) is 2.27. The highest BCUT2D eigenvalue weighted by atomic mass is 16.8. The zero-order chi connectivity index (χ0) is 68.3. The topological polar surface area (TPSA) is 608 Å². The number of amides is 1. The Labute approximate surface area is 533 Å². The van der Waals surface area contributed by atoms with Gasteiger partial charge in [-0.3, -0.25) is 4.79 Å². The molecule has 35 atom stereocenters. The highest BCUT2D eigenvalue weighted by Crippen LogP contribution is 2.39. The predicted molar refractivity (Wildman–Crippen MR) is 296 cm³/mol. The Morgan fingerprint density at radius 3 is 0.819 bits per heavy atom. The summed E-state index contributed by atoms with van der Waals surface area (Å²) >= 11 is 0. The number of aromatic amines is 1. The summed E-state index contributed by atoms with van der Waals surface area (Å²) in [6.07, 6.45) is -67.5. The summed E-state index contributed by atoms with van der Waals surface area (Å²) in [5.74, 6) is 0.847. The molecule has 21 aliphatic rings. The van der Waals surface area contributed by atoms with E-state index in [9.17, 15) is 112 Å². The number of aliphatic hydroxyl groups excluding tert-OH is 21. The molecule has 21 aliphatic heterocycles. The average Bonchev–Trinajstić information content (AvgIpc) is 1.06. The van der Waals surface area contributed by atoms with Crippen LogP contribution in [0, 0.1) is 0 Å². The zero-order valence-electron chi connectivity index (χ0n) is 50.3. The second-order valence-electron chi connectivity index (χ2n) is 23.6. The second kappa shape index (κ2) is 32.7. The van der Waals surface area contributed by atoms with Gasteiger partial charge in [-0.1, -0.05) is 0 Å². The van der Waals surface area contributed by atoms with Crippen LogP contribution in [0.5, 0.6) is 5.75 Å².